The van der Waals surface area contributed by atoms with E-state index in [-0.39, 0.29) is 11.8 Å². The fourth-order valence-corrected chi connectivity index (χ4v) is 2.60. The molecule has 1 heterocycles. The van der Waals surface area contributed by atoms with Gasteiger partial charge in [0.05, 0.1) is 6.54 Å². The van der Waals surface area contributed by atoms with E-state index in [9.17, 15) is 13.6 Å². The fraction of sp³-hybridized carbons (Fsp3) is 0.929. The summed E-state index contributed by atoms with van der Waals surface area (Å²) in [5.41, 5.74) is 0. The van der Waals surface area contributed by atoms with Gasteiger partial charge in [0.25, 0.3) is 5.92 Å². The van der Waals surface area contributed by atoms with Crippen LogP contribution in [0.2, 0.25) is 0 Å². The van der Waals surface area contributed by atoms with Crippen molar-refractivity contribution < 1.29 is 13.6 Å². The number of rotatable bonds is 5. The highest BCUT2D eigenvalue weighted by Gasteiger charge is 2.32. The number of carbonyl (C=O) groups excluding carboxylic acids is 1. The van der Waals surface area contributed by atoms with Crippen LogP contribution < -0.4 is 0 Å². The summed E-state index contributed by atoms with van der Waals surface area (Å²) in [5.74, 6) is -3.01. The molecule has 0 saturated carbocycles. The second-order valence-corrected chi connectivity index (χ2v) is 5.83. The van der Waals surface area contributed by atoms with Gasteiger partial charge in [0.15, 0.2) is 0 Å². The zero-order valence-electron chi connectivity index (χ0n) is 12.5. The van der Waals surface area contributed by atoms with Gasteiger partial charge in [-0.05, 0) is 46.7 Å². The van der Waals surface area contributed by atoms with Crippen molar-refractivity contribution in [1.82, 2.24) is 9.80 Å². The van der Waals surface area contributed by atoms with Crippen molar-refractivity contribution >= 4 is 5.91 Å². The van der Waals surface area contributed by atoms with Crippen molar-refractivity contribution in [3.63, 3.8) is 0 Å². The molecule has 3 nitrogen and oxygen atoms in total. The second-order valence-electron chi connectivity index (χ2n) is 5.83. The molecule has 0 spiro atoms. The van der Waals surface area contributed by atoms with Crippen LogP contribution in [0.15, 0.2) is 0 Å². The van der Waals surface area contributed by atoms with Crippen molar-refractivity contribution in [2.75, 3.05) is 26.2 Å². The van der Waals surface area contributed by atoms with Gasteiger partial charge in [0.1, 0.15) is 0 Å². The molecule has 0 aromatic carbocycles. The van der Waals surface area contributed by atoms with E-state index < -0.39 is 12.5 Å². The second kappa shape index (κ2) is 6.64. The number of likely N-dealkylation sites (tertiary alicyclic amines) is 1. The molecule has 1 aliphatic rings. The maximum Gasteiger partial charge on any atom is 0.262 e. The average Bonchev–Trinajstić information content (AvgIpc) is 2.34. The van der Waals surface area contributed by atoms with E-state index in [2.05, 4.69) is 18.7 Å². The maximum absolute atomic E-state index is 13.1. The van der Waals surface area contributed by atoms with E-state index >= 15 is 0 Å². The molecule has 0 aliphatic carbocycles. The molecule has 0 unspecified atom stereocenters. The van der Waals surface area contributed by atoms with Gasteiger partial charge in [0, 0.05) is 25.4 Å². The number of hydrogen-bond acceptors (Lipinski definition) is 2. The number of hydrogen-bond donors (Lipinski definition) is 0. The SMILES string of the molecule is CCN(CC(C)(F)F)C(=O)C1CCN(C(C)C)CC1. The van der Waals surface area contributed by atoms with E-state index in [1.165, 1.54) is 4.90 Å². The first-order chi connectivity index (χ1) is 8.74. The third-order valence-electron chi connectivity index (χ3n) is 3.77. The number of carbonyl (C=O) groups is 1. The number of piperidine rings is 1. The van der Waals surface area contributed by atoms with E-state index in [4.69, 9.17) is 0 Å². The molecule has 0 bridgehead atoms. The summed E-state index contributed by atoms with van der Waals surface area (Å²) in [4.78, 5) is 15.9. The summed E-state index contributed by atoms with van der Waals surface area (Å²) in [5, 5.41) is 0. The van der Waals surface area contributed by atoms with Gasteiger partial charge in [-0.3, -0.25) is 4.79 Å². The minimum absolute atomic E-state index is 0.0858. The summed E-state index contributed by atoms with van der Waals surface area (Å²) in [6, 6.07) is 0.485. The third kappa shape index (κ3) is 5.05. The number of nitrogens with zero attached hydrogens (tertiary/aromatic N) is 2. The molecule has 112 valence electrons. The average molecular weight is 276 g/mol. The van der Waals surface area contributed by atoms with Gasteiger partial charge in [0.2, 0.25) is 5.91 Å². The Morgan fingerprint density at radius 3 is 2.26 bits per heavy atom. The predicted octanol–water partition coefficient (Wildman–Crippen LogP) is 2.61. The van der Waals surface area contributed by atoms with Crippen LogP contribution in [0.4, 0.5) is 8.78 Å². The molecule has 1 rings (SSSR count). The minimum atomic E-state index is -2.82. The first-order valence-electron chi connectivity index (χ1n) is 7.15. The Morgan fingerprint density at radius 2 is 1.89 bits per heavy atom. The molecule has 0 N–H and O–H groups in total. The van der Waals surface area contributed by atoms with Gasteiger partial charge in [-0.2, -0.15) is 0 Å². The molecule has 0 aromatic rings. The molecule has 19 heavy (non-hydrogen) atoms. The molecular weight excluding hydrogens is 250 g/mol. The first kappa shape index (κ1) is 16.3. The highest BCUT2D eigenvalue weighted by atomic mass is 19.3. The Kier molecular flexibility index (Phi) is 5.71. The van der Waals surface area contributed by atoms with E-state index in [0.717, 1.165) is 32.9 Å². The lowest BCUT2D eigenvalue weighted by Gasteiger charge is -2.36. The van der Waals surface area contributed by atoms with Crippen LogP contribution in [-0.4, -0.2) is 53.9 Å². The Bertz CT molecular complexity index is 294. The highest BCUT2D eigenvalue weighted by molar-refractivity contribution is 5.79. The lowest BCUT2D eigenvalue weighted by atomic mass is 9.94. The lowest BCUT2D eigenvalue weighted by molar-refractivity contribution is -0.141. The topological polar surface area (TPSA) is 23.6 Å². The van der Waals surface area contributed by atoms with E-state index in [1.807, 2.05) is 0 Å². The molecule has 0 atom stereocenters. The van der Waals surface area contributed by atoms with Gasteiger partial charge in [-0.1, -0.05) is 0 Å². The summed E-state index contributed by atoms with van der Waals surface area (Å²) in [6.45, 7) is 8.55. The standard InChI is InChI=1S/C14H26F2N2O/c1-5-17(10-14(4,15)16)13(19)12-6-8-18(9-7-12)11(2)3/h11-12H,5-10H2,1-4H3. The largest absolute Gasteiger partial charge is 0.337 e. The number of alkyl halides is 2. The molecule has 1 aliphatic heterocycles. The van der Waals surface area contributed by atoms with Crippen LogP contribution in [0, 0.1) is 5.92 Å². The van der Waals surface area contributed by atoms with Crippen molar-refractivity contribution in [2.24, 2.45) is 5.92 Å². The van der Waals surface area contributed by atoms with Crippen LogP contribution in [-0.2, 0) is 4.79 Å². The van der Waals surface area contributed by atoms with Crippen molar-refractivity contribution in [1.29, 1.82) is 0 Å². The zero-order chi connectivity index (χ0) is 14.6. The van der Waals surface area contributed by atoms with Gasteiger partial charge in [-0.25, -0.2) is 8.78 Å². The Morgan fingerprint density at radius 1 is 1.37 bits per heavy atom. The van der Waals surface area contributed by atoms with E-state index in [0.29, 0.717) is 12.6 Å². The normalized spacial score (nSPS) is 18.9. The summed E-state index contributed by atoms with van der Waals surface area (Å²) in [6.07, 6.45) is 1.56. The van der Waals surface area contributed by atoms with Crippen LogP contribution in [0.1, 0.15) is 40.5 Å². The third-order valence-corrected chi connectivity index (χ3v) is 3.77. The molecular formula is C14H26F2N2O. The van der Waals surface area contributed by atoms with Gasteiger partial charge >= 0.3 is 0 Å². The summed E-state index contributed by atoms with van der Waals surface area (Å²) >= 11 is 0. The maximum atomic E-state index is 13.1. The van der Waals surface area contributed by atoms with Crippen molar-refractivity contribution in [2.45, 2.75) is 52.5 Å². The predicted molar refractivity (Wildman–Crippen MR) is 72.3 cm³/mol. The lowest BCUT2D eigenvalue weighted by Crippen LogP contribution is -2.47. The summed E-state index contributed by atoms with van der Waals surface area (Å²) in [7, 11) is 0. The van der Waals surface area contributed by atoms with Crippen molar-refractivity contribution in [3.8, 4) is 0 Å². The number of halogens is 2. The number of amides is 1. The molecule has 0 aromatic heterocycles. The van der Waals surface area contributed by atoms with E-state index in [1.54, 1.807) is 6.92 Å². The highest BCUT2D eigenvalue weighted by Crippen LogP contribution is 2.23. The zero-order valence-corrected chi connectivity index (χ0v) is 12.5. The quantitative estimate of drug-likeness (QED) is 0.770. The smallest absolute Gasteiger partial charge is 0.262 e. The Balaban J connectivity index is 2.53. The molecule has 1 fully saturated rings. The molecule has 1 saturated heterocycles. The first-order valence-corrected chi connectivity index (χ1v) is 7.15. The molecule has 5 heteroatoms. The Hall–Kier alpha value is -0.710. The Labute approximate surface area is 114 Å². The fourth-order valence-electron chi connectivity index (χ4n) is 2.60. The van der Waals surface area contributed by atoms with Crippen LogP contribution in [0.5, 0.6) is 0 Å². The van der Waals surface area contributed by atoms with Crippen molar-refractivity contribution in [3.05, 3.63) is 0 Å². The minimum Gasteiger partial charge on any atom is -0.337 e. The van der Waals surface area contributed by atoms with Crippen LogP contribution >= 0.6 is 0 Å². The van der Waals surface area contributed by atoms with Gasteiger partial charge in [-0.15, -0.1) is 0 Å². The van der Waals surface area contributed by atoms with Gasteiger partial charge < -0.3 is 9.80 Å². The van der Waals surface area contributed by atoms with Crippen LogP contribution in [0.3, 0.4) is 0 Å². The monoisotopic (exact) mass is 276 g/mol. The van der Waals surface area contributed by atoms with Crippen LogP contribution in [0.25, 0.3) is 0 Å². The molecule has 1 amide bonds. The summed E-state index contributed by atoms with van der Waals surface area (Å²) < 4.78 is 26.1. The molecule has 0 radical (unpaired) electrons.